The van der Waals surface area contributed by atoms with E-state index in [9.17, 15) is 4.79 Å². The van der Waals surface area contributed by atoms with Gasteiger partial charge >= 0.3 is 6.09 Å². The minimum atomic E-state index is -0.508. The highest BCUT2D eigenvalue weighted by Crippen LogP contribution is 2.22. The van der Waals surface area contributed by atoms with Gasteiger partial charge in [-0.1, -0.05) is 27.4 Å². The zero-order chi connectivity index (χ0) is 13.9. The summed E-state index contributed by atoms with van der Waals surface area (Å²) in [6.07, 6.45) is 0.264. The Kier molecular flexibility index (Phi) is 5.05. The number of rotatable bonds is 3. The van der Waals surface area contributed by atoms with Crippen molar-refractivity contribution in [2.24, 2.45) is 11.1 Å². The van der Waals surface area contributed by atoms with Crippen LogP contribution in [0.3, 0.4) is 0 Å². The zero-order valence-electron chi connectivity index (χ0n) is 11.9. The van der Waals surface area contributed by atoms with Crippen LogP contribution in [0.1, 0.15) is 48.0 Å². The van der Waals surface area contributed by atoms with E-state index in [0.717, 1.165) is 6.42 Å². The highest BCUT2D eigenvalue weighted by atomic mass is 16.6. The zero-order valence-corrected chi connectivity index (χ0v) is 11.9. The van der Waals surface area contributed by atoms with Crippen LogP contribution < -0.4 is 11.1 Å². The Morgan fingerprint density at radius 1 is 1.29 bits per heavy atom. The van der Waals surface area contributed by atoms with Crippen LogP contribution in [0.2, 0.25) is 0 Å². The molecule has 1 amide bonds. The Bertz CT molecular complexity index is 285. The second kappa shape index (κ2) is 5.43. The van der Waals surface area contributed by atoms with E-state index in [2.05, 4.69) is 32.7 Å². The van der Waals surface area contributed by atoms with E-state index >= 15 is 0 Å². The van der Waals surface area contributed by atoms with Gasteiger partial charge in [0.05, 0.1) is 6.04 Å². The van der Waals surface area contributed by atoms with Crippen molar-refractivity contribution in [3.8, 4) is 0 Å². The van der Waals surface area contributed by atoms with Gasteiger partial charge in [0.25, 0.3) is 0 Å². The molecule has 0 fully saturated rings. The summed E-state index contributed by atoms with van der Waals surface area (Å²) in [7, 11) is 0. The predicted octanol–water partition coefficient (Wildman–Crippen LogP) is 2.79. The number of carbonyl (C=O) groups excluding carboxylic acids is 1. The first-order valence-electron chi connectivity index (χ1n) is 5.84. The molecule has 0 aliphatic carbocycles. The van der Waals surface area contributed by atoms with Gasteiger partial charge in [0.2, 0.25) is 0 Å². The molecule has 0 radical (unpaired) electrons. The molecule has 1 atom stereocenters. The lowest BCUT2D eigenvalue weighted by Gasteiger charge is -2.28. The lowest BCUT2D eigenvalue weighted by molar-refractivity contribution is 0.0502. The normalized spacial score (nSPS) is 14.0. The first-order chi connectivity index (χ1) is 7.41. The summed E-state index contributed by atoms with van der Waals surface area (Å²) in [6, 6.07) is -0.259. The molecule has 0 heterocycles. The standard InChI is InChI=1S/C13H26N2O2/c1-9(14)10(8-12(2,3)4)15-11(16)17-13(5,6)7/h10H,1,8,14H2,2-7H3,(H,15,16)/t10-/m0/s1. The van der Waals surface area contributed by atoms with Crippen LogP contribution in [0.15, 0.2) is 12.3 Å². The summed E-state index contributed by atoms with van der Waals surface area (Å²) in [6.45, 7) is 15.4. The molecule has 4 nitrogen and oxygen atoms in total. The SMILES string of the molecule is C=C(N)[C@H](CC(C)(C)C)NC(=O)OC(C)(C)C. The topological polar surface area (TPSA) is 64.3 Å². The Labute approximate surface area is 105 Å². The van der Waals surface area contributed by atoms with Crippen LogP contribution in [0, 0.1) is 5.41 Å². The maximum Gasteiger partial charge on any atom is 0.408 e. The lowest BCUT2D eigenvalue weighted by Crippen LogP contribution is -2.43. The van der Waals surface area contributed by atoms with Crippen molar-refractivity contribution in [2.75, 3.05) is 0 Å². The first kappa shape index (κ1) is 15.8. The summed E-state index contributed by atoms with van der Waals surface area (Å²) < 4.78 is 5.19. The molecule has 0 aromatic heterocycles. The highest BCUT2D eigenvalue weighted by Gasteiger charge is 2.24. The molecule has 17 heavy (non-hydrogen) atoms. The maximum absolute atomic E-state index is 11.6. The van der Waals surface area contributed by atoms with Crippen LogP contribution in [0.5, 0.6) is 0 Å². The third-order valence-corrected chi connectivity index (χ3v) is 1.96. The molecule has 0 unspecified atom stereocenters. The number of amides is 1. The fraction of sp³-hybridized carbons (Fsp3) is 0.769. The summed E-state index contributed by atoms with van der Waals surface area (Å²) >= 11 is 0. The number of nitrogens with one attached hydrogen (secondary N) is 1. The highest BCUT2D eigenvalue weighted by molar-refractivity contribution is 5.68. The van der Waals surface area contributed by atoms with Crippen LogP contribution in [0.25, 0.3) is 0 Å². The molecule has 0 spiro atoms. The van der Waals surface area contributed by atoms with Crippen molar-refractivity contribution in [3.63, 3.8) is 0 Å². The molecule has 0 aromatic rings. The molecule has 0 aliphatic heterocycles. The number of hydrogen-bond acceptors (Lipinski definition) is 3. The van der Waals surface area contributed by atoms with Gasteiger partial charge in [-0.3, -0.25) is 0 Å². The molecule has 100 valence electrons. The molecular formula is C13H26N2O2. The van der Waals surface area contributed by atoms with Crippen LogP contribution in [0.4, 0.5) is 4.79 Å². The smallest absolute Gasteiger partial charge is 0.408 e. The summed E-state index contributed by atoms with van der Waals surface area (Å²) in [5.74, 6) is 0. The summed E-state index contributed by atoms with van der Waals surface area (Å²) in [4.78, 5) is 11.6. The minimum Gasteiger partial charge on any atom is -0.444 e. The number of ether oxygens (including phenoxy) is 1. The third-order valence-electron chi connectivity index (χ3n) is 1.96. The van der Waals surface area contributed by atoms with Gasteiger partial charge in [0.1, 0.15) is 5.60 Å². The molecule has 0 saturated heterocycles. The average Bonchev–Trinajstić information content (AvgIpc) is 1.95. The molecule has 0 saturated carbocycles. The van der Waals surface area contributed by atoms with E-state index in [0.29, 0.717) is 5.70 Å². The van der Waals surface area contributed by atoms with Gasteiger partial charge in [-0.15, -0.1) is 0 Å². The summed E-state index contributed by atoms with van der Waals surface area (Å²) in [5.41, 5.74) is 5.69. The Morgan fingerprint density at radius 3 is 2.06 bits per heavy atom. The van der Waals surface area contributed by atoms with Crippen molar-refractivity contribution in [2.45, 2.75) is 59.6 Å². The maximum atomic E-state index is 11.6. The van der Waals surface area contributed by atoms with E-state index in [1.54, 1.807) is 0 Å². The molecule has 3 N–H and O–H groups in total. The fourth-order valence-electron chi connectivity index (χ4n) is 1.34. The second-order valence-corrected chi connectivity index (χ2v) is 6.54. The number of carbonyl (C=O) groups is 1. The molecule has 0 rings (SSSR count). The van der Waals surface area contributed by atoms with E-state index in [-0.39, 0.29) is 11.5 Å². The van der Waals surface area contributed by atoms with E-state index in [4.69, 9.17) is 10.5 Å². The Balaban J connectivity index is 4.47. The second-order valence-electron chi connectivity index (χ2n) is 6.54. The van der Waals surface area contributed by atoms with Gasteiger partial charge in [0.15, 0.2) is 0 Å². The minimum absolute atomic E-state index is 0.0575. The van der Waals surface area contributed by atoms with Crippen molar-refractivity contribution in [1.29, 1.82) is 0 Å². The lowest BCUT2D eigenvalue weighted by atomic mass is 9.87. The largest absolute Gasteiger partial charge is 0.444 e. The number of nitrogens with two attached hydrogens (primary N) is 1. The quantitative estimate of drug-likeness (QED) is 0.799. The van der Waals surface area contributed by atoms with Gasteiger partial charge in [-0.25, -0.2) is 4.79 Å². The van der Waals surface area contributed by atoms with Crippen LogP contribution in [-0.2, 0) is 4.74 Å². The van der Waals surface area contributed by atoms with E-state index < -0.39 is 11.7 Å². The number of hydrogen-bond donors (Lipinski definition) is 2. The van der Waals surface area contributed by atoms with Crippen molar-refractivity contribution >= 4 is 6.09 Å². The van der Waals surface area contributed by atoms with Crippen molar-refractivity contribution in [1.82, 2.24) is 5.32 Å². The van der Waals surface area contributed by atoms with Gasteiger partial charge in [0, 0.05) is 5.70 Å². The molecular weight excluding hydrogens is 216 g/mol. The van der Waals surface area contributed by atoms with Gasteiger partial charge in [-0.2, -0.15) is 0 Å². The van der Waals surface area contributed by atoms with Crippen molar-refractivity contribution in [3.05, 3.63) is 12.3 Å². The van der Waals surface area contributed by atoms with Crippen molar-refractivity contribution < 1.29 is 9.53 Å². The Hall–Kier alpha value is -1.19. The number of alkyl carbamates (subject to hydrolysis) is 1. The molecule has 0 aliphatic rings. The van der Waals surface area contributed by atoms with Crippen LogP contribution in [-0.4, -0.2) is 17.7 Å². The Morgan fingerprint density at radius 2 is 1.76 bits per heavy atom. The van der Waals surface area contributed by atoms with Gasteiger partial charge < -0.3 is 15.8 Å². The summed E-state index contributed by atoms with van der Waals surface area (Å²) in [5, 5.41) is 2.74. The monoisotopic (exact) mass is 242 g/mol. The fourth-order valence-corrected chi connectivity index (χ4v) is 1.34. The molecule has 4 heteroatoms. The molecule has 0 bridgehead atoms. The first-order valence-corrected chi connectivity index (χ1v) is 5.84. The van der Waals surface area contributed by atoms with E-state index in [1.807, 2.05) is 20.8 Å². The third kappa shape index (κ3) is 8.60. The average molecular weight is 242 g/mol. The van der Waals surface area contributed by atoms with Crippen LogP contribution >= 0.6 is 0 Å². The van der Waals surface area contributed by atoms with E-state index in [1.165, 1.54) is 0 Å². The van der Waals surface area contributed by atoms with Gasteiger partial charge in [-0.05, 0) is 32.6 Å². The molecule has 0 aromatic carbocycles. The predicted molar refractivity (Wildman–Crippen MR) is 70.6 cm³/mol.